The van der Waals surface area contributed by atoms with Gasteiger partial charge in [0.1, 0.15) is 0 Å². The Morgan fingerprint density at radius 3 is 2.80 bits per heavy atom. The number of para-hydroxylation sites is 1. The van der Waals surface area contributed by atoms with E-state index < -0.39 is 5.91 Å². The van der Waals surface area contributed by atoms with Crippen LogP contribution < -0.4 is 5.48 Å². The lowest BCUT2D eigenvalue weighted by Gasteiger charge is -2.29. The van der Waals surface area contributed by atoms with Crippen LogP contribution in [0.15, 0.2) is 67.0 Å². The molecule has 0 spiro atoms. The van der Waals surface area contributed by atoms with E-state index in [0.717, 1.165) is 42.6 Å². The van der Waals surface area contributed by atoms with Crippen molar-refractivity contribution in [3.05, 3.63) is 101 Å². The fourth-order valence-electron chi connectivity index (χ4n) is 6.08. The second-order valence-corrected chi connectivity index (χ2v) is 10.7. The molecule has 0 bridgehead atoms. The quantitative estimate of drug-likeness (QED) is 0.141. The summed E-state index contributed by atoms with van der Waals surface area (Å²) in [5.41, 5.74) is 9.26. The van der Waals surface area contributed by atoms with Crippen LogP contribution in [0.2, 0.25) is 0 Å². The number of rotatable bonds is 9. The number of H-pyrrole nitrogens is 2. The van der Waals surface area contributed by atoms with Crippen LogP contribution in [0.5, 0.6) is 0 Å². The molecule has 2 amide bonds. The molecule has 3 heterocycles. The molecule has 41 heavy (non-hydrogen) atoms. The van der Waals surface area contributed by atoms with Gasteiger partial charge in [0.15, 0.2) is 0 Å². The Labute approximate surface area is 238 Å². The summed E-state index contributed by atoms with van der Waals surface area (Å²) in [6.45, 7) is 3.96. The van der Waals surface area contributed by atoms with Gasteiger partial charge < -0.3 is 19.6 Å². The molecule has 9 heteroatoms. The Hall–Kier alpha value is -4.18. The molecule has 9 nitrogen and oxygen atoms in total. The highest BCUT2D eigenvalue weighted by molar-refractivity contribution is 5.94. The van der Waals surface area contributed by atoms with Gasteiger partial charge in [0.2, 0.25) is 0 Å². The van der Waals surface area contributed by atoms with Crippen molar-refractivity contribution in [1.29, 1.82) is 0 Å². The standard InChI is InChI=1S/C32H35N5O4/c38-31(35-40)10-6-22-5-8-28-23(17-22)7-9-30(28)37(12-11-24-19-34-29-4-2-1-3-27(24)29)21-26-18-25(20-33-26)32(39)36-13-15-41-16-14-36/h1-6,8,10,17-20,30,33-34,40H,7,9,11-16,21H2,(H,35,38). The van der Waals surface area contributed by atoms with Crippen molar-refractivity contribution in [2.24, 2.45) is 0 Å². The summed E-state index contributed by atoms with van der Waals surface area (Å²) in [5, 5.41) is 10.0. The number of hydrogen-bond acceptors (Lipinski definition) is 5. The fourth-order valence-corrected chi connectivity index (χ4v) is 6.08. The van der Waals surface area contributed by atoms with Crippen molar-refractivity contribution in [1.82, 2.24) is 25.2 Å². The summed E-state index contributed by atoms with van der Waals surface area (Å²) in [7, 11) is 0. The minimum Gasteiger partial charge on any atom is -0.378 e. The van der Waals surface area contributed by atoms with Crippen molar-refractivity contribution >= 4 is 28.8 Å². The number of aryl methyl sites for hydroxylation is 1. The number of carbonyl (C=O) groups excluding carboxylic acids is 2. The molecular formula is C32H35N5O4. The number of amides is 2. The Morgan fingerprint density at radius 1 is 1.10 bits per heavy atom. The van der Waals surface area contributed by atoms with Crippen molar-refractivity contribution in [3.63, 3.8) is 0 Å². The zero-order chi connectivity index (χ0) is 28.2. The topological polar surface area (TPSA) is 114 Å². The molecule has 4 N–H and O–H groups in total. The maximum absolute atomic E-state index is 13.1. The molecule has 1 aliphatic carbocycles. The molecule has 1 atom stereocenters. The number of fused-ring (bicyclic) bond motifs is 2. The average molecular weight is 554 g/mol. The van der Waals surface area contributed by atoms with Crippen molar-refractivity contribution in [2.75, 3.05) is 32.8 Å². The summed E-state index contributed by atoms with van der Waals surface area (Å²) < 4.78 is 5.41. The number of morpholine rings is 1. The molecule has 1 saturated heterocycles. The van der Waals surface area contributed by atoms with Crippen LogP contribution in [0.3, 0.4) is 0 Å². The van der Waals surface area contributed by atoms with Gasteiger partial charge >= 0.3 is 0 Å². The van der Waals surface area contributed by atoms with Gasteiger partial charge in [0, 0.05) is 67.3 Å². The third-order valence-electron chi connectivity index (χ3n) is 8.20. The number of nitrogens with one attached hydrogen (secondary N) is 3. The molecular weight excluding hydrogens is 518 g/mol. The predicted octanol–water partition coefficient (Wildman–Crippen LogP) is 4.22. The average Bonchev–Trinajstić information content (AvgIpc) is 3.76. The molecule has 1 fully saturated rings. The monoisotopic (exact) mass is 553 g/mol. The summed E-state index contributed by atoms with van der Waals surface area (Å²) in [6.07, 6.45) is 9.81. The van der Waals surface area contributed by atoms with Gasteiger partial charge in [-0.1, -0.05) is 36.4 Å². The van der Waals surface area contributed by atoms with Crippen LogP contribution in [0.1, 0.15) is 50.8 Å². The first-order chi connectivity index (χ1) is 20.1. The highest BCUT2D eigenvalue weighted by Crippen LogP contribution is 2.37. The van der Waals surface area contributed by atoms with Gasteiger partial charge in [-0.25, -0.2) is 5.48 Å². The Kier molecular flexibility index (Phi) is 8.00. The molecule has 0 radical (unpaired) electrons. The van der Waals surface area contributed by atoms with Crippen LogP contribution in [0.4, 0.5) is 0 Å². The predicted molar refractivity (Wildman–Crippen MR) is 156 cm³/mol. The zero-order valence-electron chi connectivity index (χ0n) is 22.9. The summed E-state index contributed by atoms with van der Waals surface area (Å²) in [5.74, 6) is -0.507. The Morgan fingerprint density at radius 2 is 1.95 bits per heavy atom. The van der Waals surface area contributed by atoms with E-state index in [9.17, 15) is 9.59 Å². The number of aromatic nitrogens is 2. The SMILES string of the molecule is O=C(C=Cc1ccc2c(c1)CCC2N(CCc1c[nH]c2ccccc12)Cc1cc(C(=O)N2CCOCC2)c[nH]1)NO. The van der Waals surface area contributed by atoms with Gasteiger partial charge in [-0.05, 0) is 59.7 Å². The number of hydroxylamine groups is 1. The van der Waals surface area contributed by atoms with Gasteiger partial charge in [-0.2, -0.15) is 0 Å². The maximum atomic E-state index is 13.1. The first-order valence-electron chi connectivity index (χ1n) is 14.2. The molecule has 2 aromatic carbocycles. The van der Waals surface area contributed by atoms with Crippen molar-refractivity contribution in [2.45, 2.75) is 31.8 Å². The Balaban J connectivity index is 1.23. The maximum Gasteiger partial charge on any atom is 0.267 e. The summed E-state index contributed by atoms with van der Waals surface area (Å²) in [4.78, 5) is 35.6. The third kappa shape index (κ3) is 5.97. The second kappa shape index (κ2) is 12.1. The van der Waals surface area contributed by atoms with Gasteiger partial charge in [0.25, 0.3) is 11.8 Å². The van der Waals surface area contributed by atoms with E-state index in [1.54, 1.807) is 11.6 Å². The first-order valence-corrected chi connectivity index (χ1v) is 14.2. The minimum atomic E-state index is -0.552. The molecule has 2 aliphatic rings. The molecule has 2 aromatic heterocycles. The van der Waals surface area contributed by atoms with E-state index in [-0.39, 0.29) is 11.9 Å². The van der Waals surface area contributed by atoms with Crippen LogP contribution in [0, 0.1) is 0 Å². The van der Waals surface area contributed by atoms with Crippen LogP contribution in [0.25, 0.3) is 17.0 Å². The van der Waals surface area contributed by atoms with Crippen LogP contribution in [-0.2, 0) is 28.9 Å². The molecule has 0 saturated carbocycles. The summed E-state index contributed by atoms with van der Waals surface area (Å²) in [6, 6.07) is 16.9. The molecule has 4 aromatic rings. The van der Waals surface area contributed by atoms with E-state index in [1.807, 2.05) is 29.3 Å². The van der Waals surface area contributed by atoms with Gasteiger partial charge in [-0.3, -0.25) is 19.7 Å². The number of benzene rings is 2. The first kappa shape index (κ1) is 27.0. The fraction of sp³-hybridized carbons (Fsp3) is 0.312. The summed E-state index contributed by atoms with van der Waals surface area (Å²) >= 11 is 0. The van der Waals surface area contributed by atoms with Crippen molar-refractivity contribution < 1.29 is 19.5 Å². The molecule has 6 rings (SSSR count). The second-order valence-electron chi connectivity index (χ2n) is 10.7. The number of nitrogens with zero attached hydrogens (tertiary/aromatic N) is 2. The normalized spacial score (nSPS) is 17.0. The highest BCUT2D eigenvalue weighted by Gasteiger charge is 2.29. The largest absolute Gasteiger partial charge is 0.378 e. The Bertz CT molecular complexity index is 1570. The third-order valence-corrected chi connectivity index (χ3v) is 8.20. The zero-order valence-corrected chi connectivity index (χ0v) is 22.9. The smallest absolute Gasteiger partial charge is 0.267 e. The lowest BCUT2D eigenvalue weighted by Crippen LogP contribution is -2.40. The number of aromatic amines is 2. The minimum absolute atomic E-state index is 0.0443. The number of carbonyl (C=O) groups is 2. The molecule has 1 aliphatic heterocycles. The number of hydrogen-bond donors (Lipinski definition) is 4. The molecule has 212 valence electrons. The molecule has 1 unspecified atom stereocenters. The van der Waals surface area contributed by atoms with Gasteiger partial charge in [0.05, 0.1) is 18.8 Å². The van der Waals surface area contributed by atoms with E-state index in [0.29, 0.717) is 38.4 Å². The number of ether oxygens (including phenoxy) is 1. The lowest BCUT2D eigenvalue weighted by atomic mass is 10.0. The highest BCUT2D eigenvalue weighted by atomic mass is 16.5. The lowest BCUT2D eigenvalue weighted by molar-refractivity contribution is -0.124. The van der Waals surface area contributed by atoms with Crippen molar-refractivity contribution in [3.8, 4) is 0 Å². The van der Waals surface area contributed by atoms with Gasteiger partial charge in [-0.15, -0.1) is 0 Å². The van der Waals surface area contributed by atoms with E-state index in [1.165, 1.54) is 28.2 Å². The van der Waals surface area contributed by atoms with E-state index in [2.05, 4.69) is 51.4 Å². The van der Waals surface area contributed by atoms with E-state index in [4.69, 9.17) is 9.94 Å². The van der Waals surface area contributed by atoms with Crippen LogP contribution in [-0.4, -0.2) is 69.6 Å². The van der Waals surface area contributed by atoms with Crippen LogP contribution >= 0.6 is 0 Å². The van der Waals surface area contributed by atoms with E-state index >= 15 is 0 Å².